The summed E-state index contributed by atoms with van der Waals surface area (Å²) < 4.78 is 0.654. The highest BCUT2D eigenvalue weighted by Gasteiger charge is 2.16. The summed E-state index contributed by atoms with van der Waals surface area (Å²) in [4.78, 5) is 64.8. The third kappa shape index (κ3) is 3.45. The Labute approximate surface area is 160 Å². The van der Waals surface area contributed by atoms with Crippen molar-refractivity contribution in [1.29, 1.82) is 0 Å². The summed E-state index contributed by atoms with van der Waals surface area (Å²) in [5.41, 5.74) is -3.40. The van der Waals surface area contributed by atoms with Gasteiger partial charge in [-0.3, -0.25) is 9.59 Å². The number of aromatic amines is 2. The van der Waals surface area contributed by atoms with Crippen LogP contribution in [0.15, 0.2) is 60.1 Å². The molecule has 2 aromatic heterocycles. The fraction of sp³-hybridized carbons (Fsp3) is 0.118. The van der Waals surface area contributed by atoms with Crippen molar-refractivity contribution in [2.24, 2.45) is 10.4 Å². The lowest BCUT2D eigenvalue weighted by atomic mass is 10.0. The summed E-state index contributed by atoms with van der Waals surface area (Å²) >= 11 is 0. The largest absolute Gasteiger partial charge is 0.478 e. The van der Waals surface area contributed by atoms with Crippen LogP contribution in [-0.4, -0.2) is 30.4 Å². The molecule has 0 saturated carbocycles. The molecule has 0 saturated heterocycles. The molecule has 0 unspecified atom stereocenters. The van der Waals surface area contributed by atoms with Gasteiger partial charge in [-0.1, -0.05) is 18.2 Å². The molecule has 29 heavy (non-hydrogen) atoms. The van der Waals surface area contributed by atoms with Gasteiger partial charge in [0.05, 0.1) is 11.1 Å². The number of carboxylic acid groups (broad SMARTS) is 1. The van der Waals surface area contributed by atoms with Crippen molar-refractivity contribution in [2.45, 2.75) is 13.8 Å². The maximum Gasteiger partial charge on any atom is 0.351 e. The number of nitrogens with one attached hydrogen (secondary N) is 2. The molecule has 3 N–H and O–H groups in total. The van der Waals surface area contributed by atoms with Crippen LogP contribution < -0.4 is 22.5 Å². The number of nitrogens with zero attached hydrogens (tertiary/aromatic N) is 4. The molecule has 12 nitrogen and oxygen atoms in total. The molecule has 0 atom stereocenters. The van der Waals surface area contributed by atoms with Gasteiger partial charge in [0.25, 0.3) is 11.1 Å². The van der Waals surface area contributed by atoms with Gasteiger partial charge in [0, 0.05) is 23.0 Å². The van der Waals surface area contributed by atoms with E-state index in [-0.39, 0.29) is 26.9 Å². The number of carbonyl (C=O) groups is 1. The maximum absolute atomic E-state index is 12.7. The van der Waals surface area contributed by atoms with Crippen LogP contribution in [0.4, 0.5) is 0 Å². The molecule has 0 aliphatic rings. The Morgan fingerprint density at radius 2 is 1.55 bits per heavy atom. The molecule has 0 spiro atoms. The Kier molecular flexibility index (Phi) is 4.92. The first-order chi connectivity index (χ1) is 13.7. The molecule has 0 aliphatic carbocycles. The number of hydrogen-bond acceptors (Lipinski definition) is 7. The third-order valence-electron chi connectivity index (χ3n) is 4.18. The van der Waals surface area contributed by atoms with Gasteiger partial charge in [0.2, 0.25) is 0 Å². The SMILES string of the molecule is Cc1[nH]c(=O)n(N=Nn2c(=O)[nH]cc(-c3ccccc3C(=O)O)c2=O)c(=O)c1C. The Bertz CT molecular complexity index is 1390. The number of carboxylic acids is 1. The van der Waals surface area contributed by atoms with Crippen LogP contribution in [0.25, 0.3) is 11.1 Å². The standard InChI is InChI=1S/C17H14N6O6/c1-8-9(2)19-17(29)22(13(8)24)20-21-23-14(25)12(7-18-16(23)28)10-5-3-4-6-11(10)15(26)27/h3-7H,1-2H3,(H,18,28)(H,19,29)(H,26,27). The first-order valence-corrected chi connectivity index (χ1v) is 8.14. The van der Waals surface area contributed by atoms with E-state index in [9.17, 15) is 29.1 Å². The number of aryl methyl sites for hydroxylation is 1. The molecular weight excluding hydrogens is 384 g/mol. The summed E-state index contributed by atoms with van der Waals surface area (Å²) in [5, 5.41) is 16.1. The molecule has 3 aromatic rings. The van der Waals surface area contributed by atoms with Gasteiger partial charge in [-0.25, -0.2) is 14.4 Å². The topological polar surface area (TPSA) is 172 Å². The molecule has 0 fully saturated rings. The molecule has 2 heterocycles. The van der Waals surface area contributed by atoms with Gasteiger partial charge >= 0.3 is 17.3 Å². The summed E-state index contributed by atoms with van der Waals surface area (Å²) in [6.07, 6.45) is 1.05. The zero-order valence-corrected chi connectivity index (χ0v) is 15.2. The van der Waals surface area contributed by atoms with Crippen LogP contribution in [0.3, 0.4) is 0 Å². The van der Waals surface area contributed by atoms with Gasteiger partial charge < -0.3 is 15.1 Å². The van der Waals surface area contributed by atoms with Crippen molar-refractivity contribution >= 4 is 5.97 Å². The fourth-order valence-electron chi connectivity index (χ4n) is 2.52. The third-order valence-corrected chi connectivity index (χ3v) is 4.18. The minimum absolute atomic E-state index is 0.0476. The van der Waals surface area contributed by atoms with Crippen LogP contribution >= 0.6 is 0 Å². The average Bonchev–Trinajstić information content (AvgIpc) is 2.68. The second kappa shape index (κ2) is 7.34. The number of rotatable bonds is 4. The van der Waals surface area contributed by atoms with Gasteiger partial charge in [0.15, 0.2) is 0 Å². The minimum atomic E-state index is -1.27. The lowest BCUT2D eigenvalue weighted by Crippen LogP contribution is -2.36. The van der Waals surface area contributed by atoms with Crippen LogP contribution in [0.5, 0.6) is 0 Å². The first-order valence-electron chi connectivity index (χ1n) is 8.14. The molecule has 1 aromatic carbocycles. The van der Waals surface area contributed by atoms with E-state index in [2.05, 4.69) is 20.4 Å². The summed E-state index contributed by atoms with van der Waals surface area (Å²) in [6, 6.07) is 5.68. The highest BCUT2D eigenvalue weighted by molar-refractivity contribution is 5.95. The number of benzene rings is 1. The second-order valence-electron chi connectivity index (χ2n) is 5.95. The smallest absolute Gasteiger partial charge is 0.351 e. The van der Waals surface area contributed by atoms with Crippen LogP contribution in [0.1, 0.15) is 21.6 Å². The van der Waals surface area contributed by atoms with Crippen molar-refractivity contribution in [3.63, 3.8) is 0 Å². The lowest BCUT2D eigenvalue weighted by Gasteiger charge is -2.06. The number of aromatic carboxylic acids is 1. The van der Waals surface area contributed by atoms with Crippen molar-refractivity contribution in [1.82, 2.24) is 19.3 Å². The molecule has 0 aliphatic heterocycles. The quantitative estimate of drug-likeness (QED) is 0.524. The molecule has 0 radical (unpaired) electrons. The predicted molar refractivity (Wildman–Crippen MR) is 100 cm³/mol. The van der Waals surface area contributed by atoms with E-state index >= 15 is 0 Å². The summed E-state index contributed by atoms with van der Waals surface area (Å²) in [5.74, 6) is -1.27. The highest BCUT2D eigenvalue weighted by atomic mass is 16.4. The average molecular weight is 398 g/mol. The van der Waals surface area contributed by atoms with Crippen molar-refractivity contribution in [3.8, 4) is 11.1 Å². The van der Waals surface area contributed by atoms with E-state index in [0.29, 0.717) is 10.4 Å². The number of hydrogen-bond donors (Lipinski definition) is 3. The van der Waals surface area contributed by atoms with Crippen molar-refractivity contribution in [3.05, 3.63) is 89.0 Å². The number of H-pyrrole nitrogens is 2. The zero-order valence-electron chi connectivity index (χ0n) is 15.2. The monoisotopic (exact) mass is 398 g/mol. The molecule has 12 heteroatoms. The Balaban J connectivity index is 2.20. The van der Waals surface area contributed by atoms with Crippen LogP contribution in [0.2, 0.25) is 0 Å². The maximum atomic E-state index is 12.7. The molecule has 0 amide bonds. The van der Waals surface area contributed by atoms with Crippen LogP contribution in [0, 0.1) is 13.8 Å². The Morgan fingerprint density at radius 3 is 2.21 bits per heavy atom. The Morgan fingerprint density at radius 1 is 0.931 bits per heavy atom. The molecule has 3 rings (SSSR count). The van der Waals surface area contributed by atoms with E-state index in [1.54, 1.807) is 0 Å². The Hall–Kier alpha value is -4.35. The first kappa shape index (κ1) is 19.4. The fourth-order valence-corrected chi connectivity index (χ4v) is 2.52. The van der Waals surface area contributed by atoms with Gasteiger partial charge in [-0.2, -0.15) is 0 Å². The predicted octanol–water partition coefficient (Wildman–Crippen LogP) is 0.0472. The van der Waals surface area contributed by atoms with E-state index in [0.717, 1.165) is 6.20 Å². The normalized spacial score (nSPS) is 11.1. The molecule has 148 valence electrons. The van der Waals surface area contributed by atoms with Crippen molar-refractivity contribution in [2.75, 3.05) is 0 Å². The molecule has 0 bridgehead atoms. The van der Waals surface area contributed by atoms with Gasteiger partial charge in [0.1, 0.15) is 0 Å². The van der Waals surface area contributed by atoms with Gasteiger partial charge in [-0.15, -0.1) is 9.35 Å². The minimum Gasteiger partial charge on any atom is -0.478 e. The van der Waals surface area contributed by atoms with Gasteiger partial charge in [-0.05, 0) is 30.4 Å². The highest BCUT2D eigenvalue weighted by Crippen LogP contribution is 2.19. The van der Waals surface area contributed by atoms with Crippen molar-refractivity contribution < 1.29 is 9.90 Å². The van der Waals surface area contributed by atoms with E-state index < -0.39 is 28.5 Å². The van der Waals surface area contributed by atoms with E-state index in [1.165, 1.54) is 38.1 Å². The summed E-state index contributed by atoms with van der Waals surface area (Å²) in [7, 11) is 0. The number of aromatic nitrogens is 4. The lowest BCUT2D eigenvalue weighted by molar-refractivity contribution is 0.0697. The van der Waals surface area contributed by atoms with Crippen LogP contribution in [-0.2, 0) is 0 Å². The van der Waals surface area contributed by atoms with E-state index in [4.69, 9.17) is 0 Å². The second-order valence-corrected chi connectivity index (χ2v) is 5.95. The summed E-state index contributed by atoms with van der Waals surface area (Å²) in [6.45, 7) is 2.99. The van der Waals surface area contributed by atoms with E-state index in [1.807, 2.05) is 0 Å². The zero-order chi connectivity index (χ0) is 21.3. The molecular formula is C17H14N6O6.